The number of rotatable bonds is 4. The Hall–Kier alpha value is -0.670. The normalized spacial score (nSPS) is 17.6. The van der Waals surface area contributed by atoms with Crippen LogP contribution in [0.1, 0.15) is 26.2 Å². The van der Waals surface area contributed by atoms with E-state index < -0.39 is 18.5 Å². The number of alkyl halides is 2. The van der Waals surface area contributed by atoms with Crippen LogP contribution in [0.15, 0.2) is 0 Å². The van der Waals surface area contributed by atoms with E-state index in [0.717, 1.165) is 12.8 Å². The lowest BCUT2D eigenvalue weighted by molar-refractivity contribution is -0.157. The molecule has 1 rings (SSSR count). The van der Waals surface area contributed by atoms with E-state index in [1.165, 1.54) is 6.92 Å². The molecule has 0 saturated heterocycles. The molecule has 0 N–H and O–H groups in total. The first-order chi connectivity index (χ1) is 5.55. The summed E-state index contributed by atoms with van der Waals surface area (Å²) in [5, 5.41) is 0. The molecule has 12 heavy (non-hydrogen) atoms. The standard InChI is InChI=1S/C8H12F2O2/c1-2-8(9,10)5-12-7(11)6-3-4-6/h6H,2-5H2,1H3. The van der Waals surface area contributed by atoms with Crippen molar-refractivity contribution in [3.63, 3.8) is 0 Å². The molecule has 70 valence electrons. The zero-order chi connectivity index (χ0) is 9.19. The molecule has 0 bridgehead atoms. The predicted octanol–water partition coefficient (Wildman–Crippen LogP) is 1.98. The zero-order valence-electron chi connectivity index (χ0n) is 6.98. The third kappa shape index (κ3) is 2.75. The Morgan fingerprint density at radius 1 is 1.58 bits per heavy atom. The van der Waals surface area contributed by atoms with E-state index in [1.807, 2.05) is 0 Å². The Bertz CT molecular complexity index is 176. The minimum Gasteiger partial charge on any atom is -0.459 e. The molecule has 1 aliphatic carbocycles. The van der Waals surface area contributed by atoms with Crippen LogP contribution in [0.3, 0.4) is 0 Å². The van der Waals surface area contributed by atoms with Crippen LogP contribution in [-0.4, -0.2) is 18.5 Å². The summed E-state index contributed by atoms with van der Waals surface area (Å²) < 4.78 is 29.5. The molecule has 0 spiro atoms. The van der Waals surface area contributed by atoms with Gasteiger partial charge < -0.3 is 4.74 Å². The summed E-state index contributed by atoms with van der Waals surface area (Å²) in [5.41, 5.74) is 0. The summed E-state index contributed by atoms with van der Waals surface area (Å²) in [7, 11) is 0. The largest absolute Gasteiger partial charge is 0.459 e. The smallest absolute Gasteiger partial charge is 0.309 e. The first-order valence-corrected chi connectivity index (χ1v) is 4.09. The van der Waals surface area contributed by atoms with E-state index in [-0.39, 0.29) is 12.3 Å². The van der Waals surface area contributed by atoms with Crippen molar-refractivity contribution in [2.75, 3.05) is 6.61 Å². The molecular formula is C8H12F2O2. The Labute approximate surface area is 69.9 Å². The van der Waals surface area contributed by atoms with E-state index in [4.69, 9.17) is 0 Å². The second-order valence-electron chi connectivity index (χ2n) is 3.09. The Kier molecular flexibility index (Phi) is 2.65. The number of halogens is 2. The average molecular weight is 178 g/mol. The maximum Gasteiger partial charge on any atom is 0.309 e. The third-order valence-electron chi connectivity index (χ3n) is 1.85. The van der Waals surface area contributed by atoms with Crippen molar-refractivity contribution >= 4 is 5.97 Å². The van der Waals surface area contributed by atoms with Gasteiger partial charge >= 0.3 is 5.97 Å². The fourth-order valence-electron chi connectivity index (χ4n) is 0.716. The fourth-order valence-corrected chi connectivity index (χ4v) is 0.716. The fraction of sp³-hybridized carbons (Fsp3) is 0.875. The number of hydrogen-bond acceptors (Lipinski definition) is 2. The van der Waals surface area contributed by atoms with Gasteiger partial charge in [0.05, 0.1) is 5.92 Å². The van der Waals surface area contributed by atoms with E-state index in [1.54, 1.807) is 0 Å². The van der Waals surface area contributed by atoms with E-state index in [2.05, 4.69) is 4.74 Å². The van der Waals surface area contributed by atoms with E-state index >= 15 is 0 Å². The van der Waals surface area contributed by atoms with Gasteiger partial charge in [0.1, 0.15) is 0 Å². The molecule has 0 aromatic rings. The summed E-state index contributed by atoms with van der Waals surface area (Å²) in [6.45, 7) is 0.601. The van der Waals surface area contributed by atoms with Crippen LogP contribution >= 0.6 is 0 Å². The molecular weight excluding hydrogens is 166 g/mol. The van der Waals surface area contributed by atoms with Crippen molar-refractivity contribution in [1.29, 1.82) is 0 Å². The lowest BCUT2D eigenvalue weighted by atomic mass is 10.3. The molecule has 1 aliphatic rings. The van der Waals surface area contributed by atoms with Gasteiger partial charge in [-0.3, -0.25) is 4.79 Å². The summed E-state index contributed by atoms with van der Waals surface area (Å²) in [6, 6.07) is 0. The summed E-state index contributed by atoms with van der Waals surface area (Å²) >= 11 is 0. The van der Waals surface area contributed by atoms with Crippen LogP contribution in [0, 0.1) is 5.92 Å². The zero-order valence-corrected chi connectivity index (χ0v) is 6.98. The number of ether oxygens (including phenoxy) is 1. The van der Waals surface area contributed by atoms with Gasteiger partial charge in [0.15, 0.2) is 6.61 Å². The minimum absolute atomic E-state index is 0.0994. The van der Waals surface area contributed by atoms with Crippen molar-refractivity contribution in [3.8, 4) is 0 Å². The number of esters is 1. The van der Waals surface area contributed by atoms with Gasteiger partial charge in [-0.05, 0) is 12.8 Å². The van der Waals surface area contributed by atoms with Crippen molar-refractivity contribution in [2.45, 2.75) is 32.1 Å². The van der Waals surface area contributed by atoms with Crippen molar-refractivity contribution < 1.29 is 18.3 Å². The second-order valence-corrected chi connectivity index (χ2v) is 3.09. The molecule has 4 heteroatoms. The molecule has 0 amide bonds. The SMILES string of the molecule is CCC(F)(F)COC(=O)C1CC1. The summed E-state index contributed by atoms with van der Waals surface area (Å²) in [6.07, 6.45) is 1.29. The van der Waals surface area contributed by atoms with Gasteiger partial charge in [-0.25, -0.2) is 8.78 Å². The van der Waals surface area contributed by atoms with Gasteiger partial charge in [0.25, 0.3) is 5.92 Å². The van der Waals surface area contributed by atoms with Crippen LogP contribution in [0.2, 0.25) is 0 Å². The van der Waals surface area contributed by atoms with Crippen molar-refractivity contribution in [3.05, 3.63) is 0 Å². The molecule has 0 aromatic heterocycles. The maximum absolute atomic E-state index is 12.5. The molecule has 0 heterocycles. The molecule has 0 aromatic carbocycles. The van der Waals surface area contributed by atoms with Crippen LogP contribution < -0.4 is 0 Å². The van der Waals surface area contributed by atoms with Crippen LogP contribution in [0.5, 0.6) is 0 Å². The highest BCUT2D eigenvalue weighted by Crippen LogP contribution is 2.30. The first-order valence-electron chi connectivity index (χ1n) is 4.09. The quantitative estimate of drug-likeness (QED) is 0.615. The minimum atomic E-state index is -2.86. The lowest BCUT2D eigenvalue weighted by Gasteiger charge is -2.13. The number of hydrogen-bond donors (Lipinski definition) is 0. The number of carbonyl (C=O) groups excluding carboxylic acids is 1. The highest BCUT2D eigenvalue weighted by Gasteiger charge is 2.34. The molecule has 0 atom stereocenters. The van der Waals surface area contributed by atoms with Gasteiger partial charge in [-0.15, -0.1) is 0 Å². The van der Waals surface area contributed by atoms with Gasteiger partial charge in [-0.1, -0.05) is 6.92 Å². The van der Waals surface area contributed by atoms with Gasteiger partial charge in [0.2, 0.25) is 0 Å². The monoisotopic (exact) mass is 178 g/mol. The topological polar surface area (TPSA) is 26.3 Å². The van der Waals surface area contributed by atoms with E-state index in [0.29, 0.717) is 0 Å². The summed E-state index contributed by atoms with van der Waals surface area (Å²) in [4.78, 5) is 10.8. The maximum atomic E-state index is 12.5. The van der Waals surface area contributed by atoms with Crippen LogP contribution in [0.4, 0.5) is 8.78 Å². The lowest BCUT2D eigenvalue weighted by Crippen LogP contribution is -2.25. The van der Waals surface area contributed by atoms with Crippen molar-refractivity contribution in [2.24, 2.45) is 5.92 Å². The van der Waals surface area contributed by atoms with E-state index in [9.17, 15) is 13.6 Å². The average Bonchev–Trinajstić information content (AvgIpc) is 2.83. The molecule has 2 nitrogen and oxygen atoms in total. The number of carbonyl (C=O) groups is 1. The first kappa shape index (κ1) is 9.42. The molecule has 0 aliphatic heterocycles. The predicted molar refractivity (Wildman–Crippen MR) is 38.9 cm³/mol. The third-order valence-corrected chi connectivity index (χ3v) is 1.85. The Morgan fingerprint density at radius 3 is 2.58 bits per heavy atom. The molecule has 0 unspecified atom stereocenters. The van der Waals surface area contributed by atoms with Crippen molar-refractivity contribution in [1.82, 2.24) is 0 Å². The molecule has 1 saturated carbocycles. The van der Waals surface area contributed by atoms with Gasteiger partial charge in [-0.2, -0.15) is 0 Å². The van der Waals surface area contributed by atoms with Gasteiger partial charge in [0, 0.05) is 6.42 Å². The molecule has 0 radical (unpaired) electrons. The Morgan fingerprint density at radius 2 is 2.17 bits per heavy atom. The Balaban J connectivity index is 2.19. The second kappa shape index (κ2) is 3.37. The van der Waals surface area contributed by atoms with Crippen LogP contribution in [-0.2, 0) is 9.53 Å². The van der Waals surface area contributed by atoms with Crippen LogP contribution in [0.25, 0.3) is 0 Å². The molecule has 1 fully saturated rings. The highest BCUT2D eigenvalue weighted by atomic mass is 19.3. The highest BCUT2D eigenvalue weighted by molar-refractivity contribution is 5.74. The summed E-state index contributed by atoms with van der Waals surface area (Å²) in [5.74, 6) is -3.43.